The summed E-state index contributed by atoms with van der Waals surface area (Å²) in [6.07, 6.45) is -3.19. The highest BCUT2D eigenvalue weighted by Gasteiger charge is 2.56. The van der Waals surface area contributed by atoms with Crippen molar-refractivity contribution in [3.63, 3.8) is 0 Å². The van der Waals surface area contributed by atoms with E-state index >= 15 is 0 Å². The maximum absolute atomic E-state index is 13.7. The Morgan fingerprint density at radius 2 is 1.88 bits per heavy atom. The van der Waals surface area contributed by atoms with Crippen LogP contribution >= 0.6 is 23.2 Å². The van der Waals surface area contributed by atoms with Gasteiger partial charge in [0, 0.05) is 23.7 Å². The van der Waals surface area contributed by atoms with Crippen LogP contribution < -0.4 is 16.0 Å². The molecule has 9 nitrogen and oxygen atoms in total. The highest BCUT2D eigenvalue weighted by Crippen LogP contribution is 2.47. The van der Waals surface area contributed by atoms with E-state index in [0.29, 0.717) is 17.3 Å². The molecule has 0 bridgehead atoms. The lowest BCUT2D eigenvalue weighted by Crippen LogP contribution is -2.53. The monoisotopic (exact) mass is 607 g/mol. The lowest BCUT2D eigenvalue weighted by Gasteiger charge is -2.27. The fraction of sp³-hybridized carbons (Fsp3) is 0.370. The van der Waals surface area contributed by atoms with Crippen LogP contribution in [0.5, 0.6) is 0 Å². The van der Waals surface area contributed by atoms with E-state index in [1.165, 1.54) is 4.90 Å². The van der Waals surface area contributed by atoms with Crippen molar-refractivity contribution in [2.45, 2.75) is 49.4 Å². The lowest BCUT2D eigenvalue weighted by molar-refractivity contribution is -0.140. The third-order valence-corrected chi connectivity index (χ3v) is 8.11. The van der Waals surface area contributed by atoms with Gasteiger partial charge < -0.3 is 20.9 Å². The molecule has 4 amide bonds. The molecule has 0 unspecified atom stereocenters. The molecule has 3 aliphatic rings. The molecule has 5 rings (SSSR count). The highest BCUT2D eigenvalue weighted by atomic mass is 35.5. The molecule has 2 aromatic carbocycles. The Labute approximate surface area is 241 Å². The normalized spacial score (nSPS) is 22.1. The first-order chi connectivity index (χ1) is 19.3. The molecule has 0 aromatic heterocycles. The molecule has 1 saturated heterocycles. The molecule has 41 heavy (non-hydrogen) atoms. The summed E-state index contributed by atoms with van der Waals surface area (Å²) in [4.78, 5) is 53.6. The van der Waals surface area contributed by atoms with Crippen LogP contribution in [-0.2, 0) is 30.8 Å². The molecule has 2 aromatic rings. The number of para-hydroxylation sites is 1. The number of carbonyl (C=O) groups is 4. The van der Waals surface area contributed by atoms with Gasteiger partial charge in [0.05, 0.1) is 27.8 Å². The van der Waals surface area contributed by atoms with Gasteiger partial charge in [-0.1, -0.05) is 54.2 Å². The first-order valence-electron chi connectivity index (χ1n) is 12.6. The molecule has 2 aliphatic heterocycles. The van der Waals surface area contributed by atoms with Crippen molar-refractivity contribution in [1.29, 1.82) is 5.26 Å². The molecule has 3 N–H and O–H groups in total. The second-order valence-corrected chi connectivity index (χ2v) is 11.2. The summed E-state index contributed by atoms with van der Waals surface area (Å²) in [6, 6.07) is 8.32. The standard InChI is InChI=1S/C27H22Cl2F3N5O4/c28-14-8-17(27(30,31)32)21(18(29)9-14)36-23(39)22(38)34-20(7-13-5-6-13)24(40)37-12-26(10-15(37)11-33)16-3-1-2-4-19(16)35-25(26)41/h1-4,8-9,13,15,20H,5-7,10,12H2,(H,34,38)(H,35,41)(H,36,39)/t15-,20-,26-/m0/s1. The molecule has 1 saturated carbocycles. The van der Waals surface area contributed by atoms with Gasteiger partial charge in [0.2, 0.25) is 11.8 Å². The summed E-state index contributed by atoms with van der Waals surface area (Å²) in [7, 11) is 0. The zero-order chi connectivity index (χ0) is 29.7. The van der Waals surface area contributed by atoms with Gasteiger partial charge in [-0.2, -0.15) is 18.4 Å². The number of benzene rings is 2. The van der Waals surface area contributed by atoms with E-state index in [2.05, 4.69) is 16.7 Å². The van der Waals surface area contributed by atoms with Gasteiger partial charge in [0.25, 0.3) is 0 Å². The number of carbonyl (C=O) groups excluding carboxylic acids is 4. The number of nitrogens with zero attached hydrogens (tertiary/aromatic N) is 2. The fourth-order valence-electron chi connectivity index (χ4n) is 5.41. The van der Waals surface area contributed by atoms with Crippen molar-refractivity contribution >= 4 is 58.2 Å². The third kappa shape index (κ3) is 5.44. The lowest BCUT2D eigenvalue weighted by atomic mass is 9.80. The quantitative estimate of drug-likeness (QED) is 0.437. The predicted molar refractivity (Wildman–Crippen MR) is 142 cm³/mol. The maximum atomic E-state index is 13.7. The largest absolute Gasteiger partial charge is 0.418 e. The van der Waals surface area contributed by atoms with Crippen molar-refractivity contribution < 1.29 is 32.3 Å². The van der Waals surface area contributed by atoms with E-state index in [0.717, 1.165) is 18.9 Å². The first kappa shape index (κ1) is 28.7. The Bertz CT molecular complexity index is 1510. The number of likely N-dealkylation sites (tertiary alicyclic amines) is 1. The number of anilines is 2. The number of rotatable bonds is 5. The minimum Gasteiger partial charge on any atom is -0.336 e. The Balaban J connectivity index is 1.36. The average Bonchev–Trinajstić information content (AvgIpc) is 3.58. The van der Waals surface area contributed by atoms with E-state index in [1.54, 1.807) is 24.3 Å². The summed E-state index contributed by atoms with van der Waals surface area (Å²) < 4.78 is 40.6. The van der Waals surface area contributed by atoms with Gasteiger partial charge in [-0.15, -0.1) is 0 Å². The average molecular weight is 608 g/mol. The summed E-state index contributed by atoms with van der Waals surface area (Å²) in [5.74, 6) is -3.79. The molecule has 2 fully saturated rings. The molecular formula is C27H22Cl2F3N5O4. The highest BCUT2D eigenvalue weighted by molar-refractivity contribution is 6.42. The summed E-state index contributed by atoms with van der Waals surface area (Å²) in [6.45, 7) is -0.120. The second-order valence-electron chi connectivity index (χ2n) is 10.4. The Hall–Kier alpha value is -3.82. The van der Waals surface area contributed by atoms with Gasteiger partial charge in [-0.05, 0) is 36.1 Å². The van der Waals surface area contributed by atoms with Crippen molar-refractivity contribution in [3.05, 3.63) is 57.6 Å². The van der Waals surface area contributed by atoms with Gasteiger partial charge in [0.1, 0.15) is 12.1 Å². The zero-order valence-corrected chi connectivity index (χ0v) is 22.7. The number of hydrogen-bond acceptors (Lipinski definition) is 5. The fourth-order valence-corrected chi connectivity index (χ4v) is 5.95. The van der Waals surface area contributed by atoms with Crippen LogP contribution in [0.4, 0.5) is 24.5 Å². The van der Waals surface area contributed by atoms with Gasteiger partial charge in [0.15, 0.2) is 0 Å². The number of hydrogen-bond donors (Lipinski definition) is 3. The van der Waals surface area contributed by atoms with E-state index in [1.807, 2.05) is 5.32 Å². The number of amides is 4. The van der Waals surface area contributed by atoms with Gasteiger partial charge in [-0.25, -0.2) is 0 Å². The van der Waals surface area contributed by atoms with Crippen LogP contribution in [0, 0.1) is 17.2 Å². The molecule has 3 atom stereocenters. The van der Waals surface area contributed by atoms with E-state index in [4.69, 9.17) is 23.2 Å². The summed E-state index contributed by atoms with van der Waals surface area (Å²) in [5.41, 5.74) is -2.12. The zero-order valence-electron chi connectivity index (χ0n) is 21.1. The SMILES string of the molecule is N#C[C@@H]1C[C@@]2(CN1C(=O)[C@H](CC1CC1)NC(=O)C(=O)Nc1c(Cl)cc(Cl)cc1C(F)(F)F)C(=O)Nc1ccccc12. The van der Waals surface area contributed by atoms with Crippen LogP contribution in [0.2, 0.25) is 10.0 Å². The van der Waals surface area contributed by atoms with Crippen molar-refractivity contribution in [1.82, 2.24) is 10.2 Å². The Kier molecular flexibility index (Phi) is 7.38. The Morgan fingerprint density at radius 1 is 1.17 bits per heavy atom. The molecule has 1 aliphatic carbocycles. The van der Waals surface area contributed by atoms with Crippen molar-refractivity contribution in [2.75, 3.05) is 17.2 Å². The number of alkyl halides is 3. The molecule has 14 heteroatoms. The first-order valence-corrected chi connectivity index (χ1v) is 13.4. The second kappa shape index (κ2) is 10.5. The summed E-state index contributed by atoms with van der Waals surface area (Å²) in [5, 5.41) is 16.0. The van der Waals surface area contributed by atoms with Crippen molar-refractivity contribution in [2.24, 2.45) is 5.92 Å². The third-order valence-electron chi connectivity index (χ3n) is 7.59. The molecular weight excluding hydrogens is 586 g/mol. The predicted octanol–water partition coefficient (Wildman–Crippen LogP) is 4.25. The van der Waals surface area contributed by atoms with Crippen LogP contribution in [0.3, 0.4) is 0 Å². The minimum absolute atomic E-state index is 0.0396. The molecule has 214 valence electrons. The van der Waals surface area contributed by atoms with Crippen molar-refractivity contribution in [3.8, 4) is 6.07 Å². The van der Waals surface area contributed by atoms with E-state index < -0.39 is 57.7 Å². The number of nitriles is 1. The summed E-state index contributed by atoms with van der Waals surface area (Å²) >= 11 is 11.6. The van der Waals surface area contributed by atoms with Crippen LogP contribution in [0.15, 0.2) is 36.4 Å². The maximum Gasteiger partial charge on any atom is 0.418 e. The smallest absolute Gasteiger partial charge is 0.336 e. The Morgan fingerprint density at radius 3 is 2.54 bits per heavy atom. The molecule has 1 spiro atoms. The molecule has 0 radical (unpaired) electrons. The van der Waals surface area contributed by atoms with Crippen LogP contribution in [-0.4, -0.2) is 47.2 Å². The van der Waals surface area contributed by atoms with Gasteiger partial charge >= 0.3 is 18.0 Å². The topological polar surface area (TPSA) is 131 Å². The van der Waals surface area contributed by atoms with E-state index in [9.17, 15) is 37.6 Å². The van der Waals surface area contributed by atoms with Crippen LogP contribution in [0.25, 0.3) is 0 Å². The number of fused-ring (bicyclic) bond motifs is 2. The van der Waals surface area contributed by atoms with E-state index in [-0.39, 0.29) is 36.2 Å². The van der Waals surface area contributed by atoms with Crippen LogP contribution in [0.1, 0.15) is 36.8 Å². The molecule has 2 heterocycles. The number of halogens is 5. The van der Waals surface area contributed by atoms with Gasteiger partial charge in [-0.3, -0.25) is 19.2 Å². The number of nitrogens with one attached hydrogen (secondary N) is 3. The minimum atomic E-state index is -4.94.